The van der Waals surface area contributed by atoms with Gasteiger partial charge in [-0.15, -0.1) is 0 Å². The molecule has 7 nitrogen and oxygen atoms in total. The van der Waals surface area contributed by atoms with Crippen molar-refractivity contribution in [1.82, 2.24) is 10.2 Å². The van der Waals surface area contributed by atoms with E-state index in [9.17, 15) is 19.5 Å². The Kier molecular flexibility index (Phi) is 5.91. The van der Waals surface area contributed by atoms with E-state index >= 15 is 0 Å². The molecule has 2 aliphatic rings. The highest BCUT2D eigenvalue weighted by molar-refractivity contribution is 5.88. The highest BCUT2D eigenvalue weighted by Gasteiger charge is 2.45. The lowest BCUT2D eigenvalue weighted by atomic mass is 9.98. The third-order valence-electron chi connectivity index (χ3n) is 6.59. The number of alkyl carbamates (subject to hydrolysis) is 1. The highest BCUT2D eigenvalue weighted by atomic mass is 16.5. The molecule has 0 radical (unpaired) electrons. The number of nitrogens with one attached hydrogen (secondary N) is 1. The SMILES string of the molecule is C[C@H](CC(=O)N1CCC[C@]1(C)C(=O)O)NC(=O)OCC1c2ccccc2-c2ccccc21. The predicted octanol–water partition coefficient (Wildman–Crippen LogP) is 3.77. The molecule has 0 spiro atoms. The van der Waals surface area contributed by atoms with Crippen molar-refractivity contribution in [1.29, 1.82) is 0 Å². The number of hydrogen-bond donors (Lipinski definition) is 2. The number of rotatable bonds is 6. The van der Waals surface area contributed by atoms with Crippen LogP contribution in [0.15, 0.2) is 48.5 Å². The van der Waals surface area contributed by atoms with Crippen molar-refractivity contribution in [2.24, 2.45) is 0 Å². The standard InChI is InChI=1S/C25H28N2O5/c1-16(14-22(28)27-13-7-12-25(27,2)23(29)30)26-24(31)32-15-21-19-10-5-3-8-17(19)18-9-4-6-11-20(18)21/h3-6,8-11,16,21H,7,12-15H2,1-2H3,(H,26,31)(H,29,30)/t16-,25-/m1/s1. The number of nitrogens with zero attached hydrogens (tertiary/aromatic N) is 1. The zero-order valence-corrected chi connectivity index (χ0v) is 18.3. The minimum absolute atomic E-state index is 0.0209. The van der Waals surface area contributed by atoms with Crippen LogP contribution >= 0.6 is 0 Å². The number of carboxylic acid groups (broad SMARTS) is 1. The van der Waals surface area contributed by atoms with Crippen LogP contribution in [-0.4, -0.2) is 52.7 Å². The molecule has 1 saturated heterocycles. The molecule has 1 aliphatic carbocycles. The lowest BCUT2D eigenvalue weighted by molar-refractivity contribution is -0.155. The fourth-order valence-electron chi connectivity index (χ4n) is 4.85. The molecular formula is C25H28N2O5. The molecule has 0 aromatic heterocycles. The van der Waals surface area contributed by atoms with Crippen molar-refractivity contribution in [2.45, 2.75) is 50.6 Å². The number of carboxylic acids is 1. The Bertz CT molecular complexity index is 1010. The summed E-state index contributed by atoms with van der Waals surface area (Å²) in [7, 11) is 0. The first-order valence-corrected chi connectivity index (χ1v) is 11.0. The van der Waals surface area contributed by atoms with E-state index in [1.54, 1.807) is 13.8 Å². The van der Waals surface area contributed by atoms with Gasteiger partial charge in [0, 0.05) is 24.9 Å². The molecule has 2 N–H and O–H groups in total. The lowest BCUT2D eigenvalue weighted by Crippen LogP contribution is -2.52. The van der Waals surface area contributed by atoms with Gasteiger partial charge < -0.3 is 20.1 Å². The van der Waals surface area contributed by atoms with Gasteiger partial charge in [0.1, 0.15) is 12.1 Å². The van der Waals surface area contributed by atoms with Gasteiger partial charge in [0.05, 0.1) is 0 Å². The Balaban J connectivity index is 1.34. The van der Waals surface area contributed by atoms with Crippen molar-refractivity contribution < 1.29 is 24.2 Å². The molecular weight excluding hydrogens is 408 g/mol. The maximum Gasteiger partial charge on any atom is 0.407 e. The molecule has 2 aromatic carbocycles. The van der Waals surface area contributed by atoms with Crippen molar-refractivity contribution in [3.8, 4) is 11.1 Å². The first kappa shape index (κ1) is 21.9. The summed E-state index contributed by atoms with van der Waals surface area (Å²) in [5.74, 6) is -1.31. The van der Waals surface area contributed by atoms with Gasteiger partial charge in [-0.2, -0.15) is 0 Å². The topological polar surface area (TPSA) is 95.9 Å². The average molecular weight is 437 g/mol. The van der Waals surface area contributed by atoms with Gasteiger partial charge in [-0.25, -0.2) is 9.59 Å². The van der Waals surface area contributed by atoms with Crippen LogP contribution in [-0.2, 0) is 14.3 Å². The molecule has 1 aliphatic heterocycles. The third-order valence-corrected chi connectivity index (χ3v) is 6.59. The molecule has 32 heavy (non-hydrogen) atoms. The molecule has 2 atom stereocenters. The van der Waals surface area contributed by atoms with E-state index in [-0.39, 0.29) is 24.9 Å². The lowest BCUT2D eigenvalue weighted by Gasteiger charge is -2.32. The van der Waals surface area contributed by atoms with E-state index < -0.39 is 23.6 Å². The maximum atomic E-state index is 12.7. The van der Waals surface area contributed by atoms with E-state index in [1.165, 1.54) is 4.90 Å². The summed E-state index contributed by atoms with van der Waals surface area (Å²) in [4.78, 5) is 38.1. The number of fused-ring (bicyclic) bond motifs is 3. The van der Waals surface area contributed by atoms with E-state index in [2.05, 4.69) is 29.6 Å². The molecule has 2 amide bonds. The van der Waals surface area contributed by atoms with Gasteiger partial charge in [-0.1, -0.05) is 48.5 Å². The zero-order valence-electron chi connectivity index (χ0n) is 18.3. The van der Waals surface area contributed by atoms with Crippen molar-refractivity contribution in [3.63, 3.8) is 0 Å². The van der Waals surface area contributed by atoms with Crippen LogP contribution in [0.25, 0.3) is 11.1 Å². The minimum Gasteiger partial charge on any atom is -0.480 e. The molecule has 4 rings (SSSR count). The highest BCUT2D eigenvalue weighted by Crippen LogP contribution is 2.44. The van der Waals surface area contributed by atoms with Crippen LogP contribution < -0.4 is 5.32 Å². The molecule has 2 aromatic rings. The molecule has 1 heterocycles. The van der Waals surface area contributed by atoms with Crippen LogP contribution in [0.1, 0.15) is 50.2 Å². The van der Waals surface area contributed by atoms with Crippen LogP contribution in [0, 0.1) is 0 Å². The summed E-state index contributed by atoms with van der Waals surface area (Å²) in [6, 6.07) is 15.7. The van der Waals surface area contributed by atoms with Crippen molar-refractivity contribution >= 4 is 18.0 Å². The summed E-state index contributed by atoms with van der Waals surface area (Å²) in [6.45, 7) is 3.90. The van der Waals surface area contributed by atoms with Crippen molar-refractivity contribution in [3.05, 3.63) is 59.7 Å². The Morgan fingerprint density at radius 1 is 1.12 bits per heavy atom. The van der Waals surface area contributed by atoms with E-state index in [4.69, 9.17) is 4.74 Å². The summed E-state index contributed by atoms with van der Waals surface area (Å²) >= 11 is 0. The monoisotopic (exact) mass is 436 g/mol. The van der Waals surface area contributed by atoms with Gasteiger partial charge in [-0.3, -0.25) is 4.79 Å². The fourth-order valence-corrected chi connectivity index (χ4v) is 4.85. The minimum atomic E-state index is -1.18. The smallest absolute Gasteiger partial charge is 0.407 e. The Labute approximate surface area is 187 Å². The number of likely N-dealkylation sites (tertiary alicyclic amines) is 1. The second kappa shape index (κ2) is 8.65. The number of carbonyl (C=O) groups is 3. The Morgan fingerprint density at radius 2 is 1.72 bits per heavy atom. The fraction of sp³-hybridized carbons (Fsp3) is 0.400. The van der Waals surface area contributed by atoms with Gasteiger partial charge in [0.25, 0.3) is 0 Å². The largest absolute Gasteiger partial charge is 0.480 e. The number of benzene rings is 2. The number of aliphatic carboxylic acids is 1. The summed E-state index contributed by atoms with van der Waals surface area (Å²) in [6.07, 6.45) is 0.521. The maximum absolute atomic E-state index is 12.7. The number of ether oxygens (including phenoxy) is 1. The first-order chi connectivity index (χ1) is 15.3. The molecule has 0 saturated carbocycles. The van der Waals surface area contributed by atoms with Crippen LogP contribution in [0.3, 0.4) is 0 Å². The molecule has 0 bridgehead atoms. The number of carbonyl (C=O) groups excluding carboxylic acids is 2. The average Bonchev–Trinajstić information content (AvgIpc) is 3.31. The van der Waals surface area contributed by atoms with E-state index in [0.29, 0.717) is 19.4 Å². The molecule has 0 unspecified atom stereocenters. The predicted molar refractivity (Wildman–Crippen MR) is 119 cm³/mol. The normalized spacial score (nSPS) is 20.4. The van der Waals surface area contributed by atoms with Crippen LogP contribution in [0.2, 0.25) is 0 Å². The Morgan fingerprint density at radius 3 is 2.31 bits per heavy atom. The zero-order chi connectivity index (χ0) is 22.9. The summed E-state index contributed by atoms with van der Waals surface area (Å²) < 4.78 is 5.53. The molecule has 1 fully saturated rings. The van der Waals surface area contributed by atoms with Gasteiger partial charge in [0.15, 0.2) is 0 Å². The van der Waals surface area contributed by atoms with Gasteiger partial charge in [-0.05, 0) is 48.9 Å². The van der Waals surface area contributed by atoms with Gasteiger partial charge in [0.2, 0.25) is 5.91 Å². The second-order valence-corrected chi connectivity index (χ2v) is 8.80. The quantitative estimate of drug-likeness (QED) is 0.719. The third kappa shape index (κ3) is 3.95. The van der Waals surface area contributed by atoms with Crippen molar-refractivity contribution in [2.75, 3.05) is 13.2 Å². The van der Waals surface area contributed by atoms with Gasteiger partial charge >= 0.3 is 12.1 Å². The van der Waals surface area contributed by atoms with E-state index in [0.717, 1.165) is 22.3 Å². The molecule has 168 valence electrons. The van der Waals surface area contributed by atoms with Crippen LogP contribution in [0.4, 0.5) is 4.79 Å². The summed E-state index contributed by atoms with van der Waals surface area (Å²) in [5, 5.41) is 12.2. The van der Waals surface area contributed by atoms with Crippen LogP contribution in [0.5, 0.6) is 0 Å². The molecule has 7 heteroatoms. The second-order valence-electron chi connectivity index (χ2n) is 8.80. The number of hydrogen-bond acceptors (Lipinski definition) is 4. The van der Waals surface area contributed by atoms with E-state index in [1.807, 2.05) is 24.3 Å². The first-order valence-electron chi connectivity index (χ1n) is 11.0. The number of amides is 2. The Hall–Kier alpha value is -3.35. The summed E-state index contributed by atoms with van der Waals surface area (Å²) in [5.41, 5.74) is 3.39.